The minimum Gasteiger partial charge on any atom is -0.486 e. The molecule has 6 nitrogen and oxygen atoms in total. The Labute approximate surface area is 191 Å². The number of piperidine rings is 1. The molecule has 33 heavy (non-hydrogen) atoms. The number of likely N-dealkylation sites (tertiary alicyclic amines) is 1. The molecule has 1 aromatic heterocycles. The van der Waals surface area contributed by atoms with E-state index in [9.17, 15) is 13.2 Å². The highest BCUT2D eigenvalue weighted by Gasteiger charge is 2.34. The van der Waals surface area contributed by atoms with E-state index in [1.165, 1.54) is 6.07 Å². The van der Waals surface area contributed by atoms with Crippen molar-refractivity contribution in [1.29, 1.82) is 0 Å². The maximum atomic E-state index is 13.0. The van der Waals surface area contributed by atoms with Gasteiger partial charge in [0.15, 0.2) is 11.5 Å². The summed E-state index contributed by atoms with van der Waals surface area (Å²) in [6.07, 6.45) is -2.19. The summed E-state index contributed by atoms with van der Waals surface area (Å²) in [5.74, 6) is 2.04. The number of aromatic nitrogens is 1. The number of rotatable bonds is 4. The number of para-hydroxylation sites is 2. The quantitative estimate of drug-likeness (QED) is 0.693. The van der Waals surface area contributed by atoms with Crippen molar-refractivity contribution in [3.8, 4) is 11.5 Å². The van der Waals surface area contributed by atoms with E-state index >= 15 is 0 Å². The van der Waals surface area contributed by atoms with Gasteiger partial charge in [0.1, 0.15) is 24.2 Å². The lowest BCUT2D eigenvalue weighted by molar-refractivity contribution is -0.141. The van der Waals surface area contributed by atoms with Crippen LogP contribution in [0.4, 0.5) is 19.0 Å². The molecule has 0 saturated carbocycles. The van der Waals surface area contributed by atoms with E-state index in [0.29, 0.717) is 31.6 Å². The molecule has 0 amide bonds. The fraction of sp³-hybridized carbons (Fsp3) is 0.542. The smallest absolute Gasteiger partial charge is 0.433 e. The van der Waals surface area contributed by atoms with Crippen molar-refractivity contribution in [3.05, 3.63) is 48.2 Å². The van der Waals surface area contributed by atoms with Crippen LogP contribution in [-0.2, 0) is 6.18 Å². The fourth-order valence-corrected chi connectivity index (χ4v) is 4.98. The van der Waals surface area contributed by atoms with Crippen LogP contribution in [0, 0.1) is 0 Å². The van der Waals surface area contributed by atoms with E-state index in [4.69, 9.17) is 9.47 Å². The highest BCUT2D eigenvalue weighted by molar-refractivity contribution is 5.41. The number of hydrogen-bond acceptors (Lipinski definition) is 6. The lowest BCUT2D eigenvalue weighted by atomic mass is 10.0. The Morgan fingerprint density at radius 2 is 1.61 bits per heavy atom. The summed E-state index contributed by atoms with van der Waals surface area (Å²) in [5.41, 5.74) is -0.828. The van der Waals surface area contributed by atoms with Crippen molar-refractivity contribution in [2.45, 2.75) is 31.2 Å². The van der Waals surface area contributed by atoms with Crippen LogP contribution in [0.15, 0.2) is 42.5 Å². The van der Waals surface area contributed by atoms with Crippen LogP contribution < -0.4 is 14.4 Å². The minimum atomic E-state index is -4.41. The number of hydrogen-bond donors (Lipinski definition) is 0. The Morgan fingerprint density at radius 3 is 2.33 bits per heavy atom. The normalized spacial score (nSPS) is 23.0. The highest BCUT2D eigenvalue weighted by atomic mass is 19.4. The molecule has 2 aromatic rings. The summed E-state index contributed by atoms with van der Waals surface area (Å²) in [6, 6.07) is 12.4. The fourth-order valence-electron chi connectivity index (χ4n) is 4.98. The number of nitrogens with zero attached hydrogens (tertiary/aromatic N) is 4. The molecule has 0 aliphatic carbocycles. The number of piperazine rings is 1. The molecule has 0 unspecified atom stereocenters. The van der Waals surface area contributed by atoms with Gasteiger partial charge in [-0.15, -0.1) is 0 Å². The van der Waals surface area contributed by atoms with E-state index in [0.717, 1.165) is 63.1 Å². The zero-order chi connectivity index (χ0) is 22.8. The van der Waals surface area contributed by atoms with Gasteiger partial charge in [0.05, 0.1) is 0 Å². The second-order valence-electron chi connectivity index (χ2n) is 8.93. The molecule has 178 valence electrons. The zero-order valence-electron chi connectivity index (χ0n) is 18.5. The molecular weight excluding hydrogens is 433 g/mol. The Hall–Kier alpha value is -2.52. The average Bonchev–Trinajstić information content (AvgIpc) is 2.84. The Morgan fingerprint density at radius 1 is 0.879 bits per heavy atom. The van der Waals surface area contributed by atoms with Gasteiger partial charge in [-0.05, 0) is 50.2 Å². The van der Waals surface area contributed by atoms with Gasteiger partial charge in [-0.2, -0.15) is 13.2 Å². The van der Waals surface area contributed by atoms with Crippen molar-refractivity contribution >= 4 is 5.82 Å². The summed E-state index contributed by atoms with van der Waals surface area (Å²) >= 11 is 0. The molecule has 0 spiro atoms. The third kappa shape index (κ3) is 5.19. The van der Waals surface area contributed by atoms with Gasteiger partial charge >= 0.3 is 6.18 Å². The average molecular weight is 463 g/mol. The first-order valence-corrected chi connectivity index (χ1v) is 11.6. The van der Waals surface area contributed by atoms with Crippen LogP contribution in [0.1, 0.15) is 18.5 Å². The number of ether oxygens (including phenoxy) is 2. The molecule has 3 aliphatic rings. The number of halogens is 3. The van der Waals surface area contributed by atoms with Crippen LogP contribution in [0.5, 0.6) is 11.5 Å². The molecule has 1 aromatic carbocycles. The van der Waals surface area contributed by atoms with Crippen LogP contribution >= 0.6 is 0 Å². The first-order chi connectivity index (χ1) is 16.0. The summed E-state index contributed by atoms with van der Waals surface area (Å²) in [4.78, 5) is 10.7. The van der Waals surface area contributed by atoms with Gasteiger partial charge in [0, 0.05) is 38.8 Å². The van der Waals surface area contributed by atoms with Gasteiger partial charge in [-0.25, -0.2) is 4.98 Å². The molecule has 4 heterocycles. The summed E-state index contributed by atoms with van der Waals surface area (Å²) in [7, 11) is 0. The first-order valence-electron chi connectivity index (χ1n) is 11.6. The van der Waals surface area contributed by atoms with Crippen molar-refractivity contribution in [2.24, 2.45) is 0 Å². The minimum absolute atomic E-state index is 0.0416. The Bertz CT molecular complexity index is 941. The zero-order valence-corrected chi connectivity index (χ0v) is 18.5. The largest absolute Gasteiger partial charge is 0.486 e. The van der Waals surface area contributed by atoms with E-state index in [2.05, 4.69) is 14.8 Å². The van der Waals surface area contributed by atoms with Crippen LogP contribution in [0.2, 0.25) is 0 Å². The number of pyridine rings is 1. The lowest BCUT2D eigenvalue weighted by Crippen LogP contribution is -2.54. The van der Waals surface area contributed by atoms with E-state index in [1.807, 2.05) is 29.2 Å². The number of fused-ring (bicyclic) bond motifs is 1. The van der Waals surface area contributed by atoms with Crippen molar-refractivity contribution in [1.82, 2.24) is 14.8 Å². The summed E-state index contributed by atoms with van der Waals surface area (Å²) < 4.78 is 50.9. The number of anilines is 1. The van der Waals surface area contributed by atoms with Crippen molar-refractivity contribution < 1.29 is 22.6 Å². The molecule has 9 heteroatoms. The summed E-state index contributed by atoms with van der Waals surface area (Å²) in [5, 5.41) is 0. The highest BCUT2D eigenvalue weighted by Crippen LogP contribution is 2.32. The predicted octanol–water partition coefficient (Wildman–Crippen LogP) is 3.53. The van der Waals surface area contributed by atoms with Crippen molar-refractivity contribution in [3.63, 3.8) is 0 Å². The van der Waals surface area contributed by atoms with Crippen LogP contribution in [-0.4, -0.2) is 79.3 Å². The van der Waals surface area contributed by atoms with Gasteiger partial charge < -0.3 is 14.4 Å². The second-order valence-corrected chi connectivity index (χ2v) is 8.93. The van der Waals surface area contributed by atoms with Crippen LogP contribution in [0.25, 0.3) is 0 Å². The maximum Gasteiger partial charge on any atom is 0.433 e. The SMILES string of the molecule is FC(F)(F)c1cccc(N2CCN(C3CCN(C[C@H]4COc5ccccc5O4)CC3)CC2)n1. The molecule has 1 atom stereocenters. The topological polar surface area (TPSA) is 41.1 Å². The second kappa shape index (κ2) is 9.38. The molecule has 5 rings (SSSR count). The van der Waals surface area contributed by atoms with Gasteiger partial charge in [0.25, 0.3) is 0 Å². The third-order valence-electron chi connectivity index (χ3n) is 6.77. The Balaban J connectivity index is 1.08. The molecule has 0 radical (unpaired) electrons. The molecule has 3 aliphatic heterocycles. The van der Waals surface area contributed by atoms with Crippen LogP contribution in [0.3, 0.4) is 0 Å². The van der Waals surface area contributed by atoms with E-state index < -0.39 is 11.9 Å². The maximum absolute atomic E-state index is 13.0. The van der Waals surface area contributed by atoms with Crippen molar-refractivity contribution in [2.75, 3.05) is 57.3 Å². The van der Waals surface area contributed by atoms with Gasteiger partial charge in [-0.3, -0.25) is 9.80 Å². The first kappa shape index (κ1) is 22.3. The molecule has 0 N–H and O–H groups in total. The Kier molecular flexibility index (Phi) is 6.34. The number of benzene rings is 1. The standard InChI is InChI=1S/C24H29F3N4O2/c25-24(26,27)22-6-3-7-23(28-22)31-14-12-30(13-15-31)18-8-10-29(11-9-18)16-19-17-32-20-4-1-2-5-21(20)33-19/h1-7,18-19H,8-17H2/t19-/m0/s1. The summed E-state index contributed by atoms with van der Waals surface area (Å²) in [6.45, 7) is 6.54. The van der Waals surface area contributed by atoms with Gasteiger partial charge in [-0.1, -0.05) is 18.2 Å². The molecule has 2 saturated heterocycles. The van der Waals surface area contributed by atoms with E-state index in [-0.39, 0.29) is 6.10 Å². The predicted molar refractivity (Wildman–Crippen MR) is 119 cm³/mol. The lowest BCUT2D eigenvalue weighted by Gasteiger charge is -2.43. The number of alkyl halides is 3. The third-order valence-corrected chi connectivity index (χ3v) is 6.77. The monoisotopic (exact) mass is 462 g/mol. The molecule has 0 bridgehead atoms. The molecule has 2 fully saturated rings. The molecular formula is C24H29F3N4O2. The van der Waals surface area contributed by atoms with Gasteiger partial charge in [0.2, 0.25) is 0 Å². The van der Waals surface area contributed by atoms with E-state index in [1.54, 1.807) is 6.07 Å².